The molecule has 0 saturated heterocycles. The van der Waals surface area contributed by atoms with E-state index in [0.717, 1.165) is 33.9 Å². The molecule has 4 heteroatoms. The third-order valence-corrected chi connectivity index (χ3v) is 5.83. The molecule has 3 aromatic rings. The van der Waals surface area contributed by atoms with Crippen LogP contribution in [0.4, 0.5) is 0 Å². The van der Waals surface area contributed by atoms with Gasteiger partial charge in [0.2, 0.25) is 6.79 Å². The molecule has 1 aromatic heterocycles. The number of hydrogen-bond donors (Lipinski definition) is 0. The topological polar surface area (TPSA) is 31.4 Å². The van der Waals surface area contributed by atoms with Crippen LogP contribution in [0.5, 0.6) is 11.5 Å². The van der Waals surface area contributed by atoms with Gasteiger partial charge < -0.3 is 14.5 Å². The van der Waals surface area contributed by atoms with Gasteiger partial charge in [0.05, 0.1) is 11.5 Å². The van der Waals surface area contributed by atoms with Crippen molar-refractivity contribution in [1.82, 2.24) is 4.98 Å². The summed E-state index contributed by atoms with van der Waals surface area (Å²) in [6.45, 7) is 0.284. The van der Waals surface area contributed by atoms with Crippen LogP contribution in [-0.2, 0) is 20.1 Å². The number of pyridine rings is 1. The Morgan fingerprint density at radius 2 is 2.04 bits per heavy atom. The van der Waals surface area contributed by atoms with E-state index in [9.17, 15) is 0 Å². The van der Waals surface area contributed by atoms with Crippen LogP contribution in [0.15, 0.2) is 24.4 Å². The van der Waals surface area contributed by atoms with Crippen LogP contribution in [0.25, 0.3) is 21.7 Å². The molecule has 1 aliphatic heterocycles. The molecule has 2 bridgehead atoms. The van der Waals surface area contributed by atoms with Gasteiger partial charge in [0.25, 0.3) is 0 Å². The predicted molar refractivity (Wildman–Crippen MR) is 88.2 cm³/mol. The number of aromatic nitrogens is 1. The fourth-order valence-electron chi connectivity index (χ4n) is 4.83. The largest absolute Gasteiger partial charge is 0.500 e. The minimum atomic E-state index is 0. The molecule has 6 rings (SSSR count). The molecule has 2 atom stereocenters. The summed E-state index contributed by atoms with van der Waals surface area (Å²) in [5.41, 5.74) is 4.12. The second-order valence-corrected chi connectivity index (χ2v) is 6.98. The minimum absolute atomic E-state index is 0. The van der Waals surface area contributed by atoms with Crippen LogP contribution in [0.3, 0.4) is 0 Å². The molecule has 0 N–H and O–H groups in total. The molecule has 3 aliphatic rings. The Morgan fingerprint density at radius 1 is 1.12 bits per heavy atom. The molecule has 1 radical (unpaired) electrons. The van der Waals surface area contributed by atoms with Crippen molar-refractivity contribution in [2.75, 3.05) is 6.79 Å². The number of nitrogens with zero attached hydrogens (tertiary/aromatic N) is 1. The van der Waals surface area contributed by atoms with Crippen LogP contribution in [0.1, 0.15) is 48.6 Å². The van der Waals surface area contributed by atoms with E-state index in [1.54, 1.807) is 5.56 Å². The van der Waals surface area contributed by atoms with Crippen LogP contribution in [-0.4, -0.2) is 11.8 Å². The Bertz CT molecular complexity index is 984. The Kier molecular flexibility index (Phi) is 3.17. The molecule has 2 aliphatic carbocycles. The average molecular weight is 495 g/mol. The minimum Gasteiger partial charge on any atom is -0.500 e. The molecule has 1 saturated carbocycles. The molecule has 3 nitrogen and oxygen atoms in total. The molecule has 24 heavy (non-hydrogen) atoms. The third-order valence-electron chi connectivity index (χ3n) is 5.83. The Hall–Kier alpha value is -1.64. The van der Waals surface area contributed by atoms with Gasteiger partial charge in [-0.2, -0.15) is 0 Å². The van der Waals surface area contributed by atoms with Gasteiger partial charge in [-0.15, -0.1) is 10.8 Å². The van der Waals surface area contributed by atoms with E-state index < -0.39 is 0 Å². The van der Waals surface area contributed by atoms with Crippen LogP contribution in [0, 0.1) is 6.07 Å². The van der Waals surface area contributed by atoms with E-state index in [0.29, 0.717) is 5.75 Å². The predicted octanol–water partition coefficient (Wildman–Crippen LogP) is 4.67. The summed E-state index contributed by atoms with van der Waals surface area (Å²) in [6.07, 6.45) is 7.45. The fourth-order valence-corrected chi connectivity index (χ4v) is 4.83. The van der Waals surface area contributed by atoms with Crippen molar-refractivity contribution in [2.45, 2.75) is 37.5 Å². The van der Waals surface area contributed by atoms with Crippen molar-refractivity contribution in [2.24, 2.45) is 0 Å². The molecule has 1 fully saturated rings. The standard InChI is InChI=1S/C20H16NO2.Ir/c1-2-11-6-13(3-1)19-14-5-4-12-7-17-18(23-10-22-17)8-15(12)20(14)21-9-16(11)19;/h4-5,7,9,11,13H,1-3,6,10H2;/q-1;. The third kappa shape index (κ3) is 1.84. The van der Waals surface area contributed by atoms with E-state index in [1.807, 2.05) is 6.07 Å². The Balaban J connectivity index is 0.00000131. The molecule has 123 valence electrons. The van der Waals surface area contributed by atoms with Crippen molar-refractivity contribution in [1.29, 1.82) is 0 Å². The summed E-state index contributed by atoms with van der Waals surface area (Å²) in [7, 11) is 0. The molecule has 2 aromatic carbocycles. The second kappa shape index (κ2) is 5.18. The maximum Gasteiger partial charge on any atom is 0.218 e. The van der Waals surface area contributed by atoms with E-state index in [1.165, 1.54) is 36.6 Å². The first-order valence-corrected chi connectivity index (χ1v) is 8.45. The van der Waals surface area contributed by atoms with Gasteiger partial charge in [0.15, 0.2) is 0 Å². The van der Waals surface area contributed by atoms with E-state index >= 15 is 0 Å². The SMILES string of the molecule is [Ir].[c-]1c2c(cc3ccc4c5c(cnc4c13)C1CCCC5C1)OCO2. The van der Waals surface area contributed by atoms with E-state index in [2.05, 4.69) is 24.4 Å². The maximum atomic E-state index is 5.51. The molecular formula is C20H16IrNO2-. The Labute approximate surface area is 153 Å². The number of hydrogen-bond acceptors (Lipinski definition) is 3. The van der Waals surface area contributed by atoms with Gasteiger partial charge in [0, 0.05) is 26.3 Å². The van der Waals surface area contributed by atoms with Crippen molar-refractivity contribution >= 4 is 21.7 Å². The summed E-state index contributed by atoms with van der Waals surface area (Å²) in [6, 6.07) is 9.87. The van der Waals surface area contributed by atoms with Crippen LogP contribution >= 0.6 is 0 Å². The fraction of sp³-hybridized carbons (Fsp3) is 0.350. The summed E-state index contributed by atoms with van der Waals surface area (Å²) in [5, 5.41) is 3.49. The smallest absolute Gasteiger partial charge is 0.218 e. The van der Waals surface area contributed by atoms with Gasteiger partial charge in [-0.25, -0.2) is 0 Å². The van der Waals surface area contributed by atoms with E-state index in [4.69, 9.17) is 14.5 Å². The second-order valence-electron chi connectivity index (χ2n) is 6.98. The van der Waals surface area contributed by atoms with Crippen molar-refractivity contribution in [3.05, 3.63) is 41.6 Å². The average Bonchev–Trinajstić information content (AvgIpc) is 3.15. The first-order chi connectivity index (χ1) is 11.4. The first-order valence-electron chi connectivity index (χ1n) is 8.45. The van der Waals surface area contributed by atoms with Gasteiger partial charge in [-0.1, -0.05) is 30.7 Å². The van der Waals surface area contributed by atoms with Gasteiger partial charge >= 0.3 is 0 Å². The summed E-state index contributed by atoms with van der Waals surface area (Å²) in [5.74, 6) is 2.96. The van der Waals surface area contributed by atoms with Gasteiger partial charge in [0.1, 0.15) is 0 Å². The van der Waals surface area contributed by atoms with Gasteiger partial charge in [-0.05, 0) is 53.1 Å². The van der Waals surface area contributed by atoms with Crippen molar-refractivity contribution in [3.63, 3.8) is 0 Å². The molecule has 2 unspecified atom stereocenters. The van der Waals surface area contributed by atoms with Crippen molar-refractivity contribution < 1.29 is 29.6 Å². The quantitative estimate of drug-likeness (QED) is 0.336. The number of rotatable bonds is 0. The molecule has 2 heterocycles. The summed E-state index contributed by atoms with van der Waals surface area (Å²) in [4.78, 5) is 4.84. The molecular weight excluding hydrogens is 478 g/mol. The first kappa shape index (κ1) is 14.7. The Morgan fingerprint density at radius 3 is 3.00 bits per heavy atom. The van der Waals surface area contributed by atoms with Crippen LogP contribution in [0.2, 0.25) is 0 Å². The number of benzene rings is 2. The maximum absolute atomic E-state index is 5.51. The zero-order valence-corrected chi connectivity index (χ0v) is 15.5. The normalized spacial score (nSPS) is 23.3. The number of fused-ring (bicyclic) bond motifs is 10. The van der Waals surface area contributed by atoms with Crippen LogP contribution < -0.4 is 9.47 Å². The molecule has 0 amide bonds. The zero-order valence-electron chi connectivity index (χ0n) is 13.1. The number of ether oxygens (including phenoxy) is 2. The van der Waals surface area contributed by atoms with Gasteiger partial charge in [-0.3, -0.25) is 0 Å². The monoisotopic (exact) mass is 495 g/mol. The summed E-state index contributed by atoms with van der Waals surface area (Å²) >= 11 is 0. The zero-order chi connectivity index (χ0) is 15.0. The van der Waals surface area contributed by atoms with E-state index in [-0.39, 0.29) is 26.9 Å². The summed E-state index contributed by atoms with van der Waals surface area (Å²) < 4.78 is 11.0. The molecule has 0 spiro atoms. The van der Waals surface area contributed by atoms with Crippen molar-refractivity contribution in [3.8, 4) is 11.5 Å².